The zero-order valence-corrected chi connectivity index (χ0v) is 18.6. The number of carbonyl (C=O) groups excluding carboxylic acids is 2. The van der Waals surface area contributed by atoms with E-state index in [2.05, 4.69) is 10.1 Å². The number of halogens is 1. The first-order chi connectivity index (χ1) is 15.3. The minimum Gasteiger partial charge on any atom is -0.466 e. The van der Waals surface area contributed by atoms with E-state index in [1.54, 1.807) is 34.5 Å². The summed E-state index contributed by atoms with van der Waals surface area (Å²) in [5.74, 6) is -0.893. The molecule has 168 valence electrons. The van der Waals surface area contributed by atoms with E-state index in [0.29, 0.717) is 37.1 Å². The Morgan fingerprint density at radius 3 is 2.66 bits per heavy atom. The Kier molecular flexibility index (Phi) is 5.95. The van der Waals surface area contributed by atoms with Gasteiger partial charge in [-0.3, -0.25) is 9.59 Å². The van der Waals surface area contributed by atoms with E-state index >= 15 is 0 Å². The maximum atomic E-state index is 13.4. The highest BCUT2D eigenvalue weighted by atomic mass is 19.1. The molecule has 1 fully saturated rings. The molecule has 0 radical (unpaired) electrons. The number of piperidine rings is 1. The monoisotopic (exact) mass is 438 g/mol. The molecule has 8 heteroatoms. The van der Waals surface area contributed by atoms with E-state index in [1.165, 1.54) is 12.1 Å². The largest absolute Gasteiger partial charge is 0.466 e. The van der Waals surface area contributed by atoms with Crippen LogP contribution < -0.4 is 0 Å². The van der Waals surface area contributed by atoms with E-state index in [4.69, 9.17) is 4.74 Å². The number of aromatic nitrogens is 3. The molecule has 0 N–H and O–H groups in total. The molecule has 32 heavy (non-hydrogen) atoms. The van der Waals surface area contributed by atoms with Gasteiger partial charge in [0.25, 0.3) is 5.91 Å². The summed E-state index contributed by atoms with van der Waals surface area (Å²) >= 11 is 0. The van der Waals surface area contributed by atoms with Crippen LogP contribution in [0.4, 0.5) is 4.39 Å². The second-order valence-electron chi connectivity index (χ2n) is 8.47. The third-order valence-electron chi connectivity index (χ3n) is 5.98. The smallest absolute Gasteiger partial charge is 0.314 e. The molecule has 3 heterocycles. The van der Waals surface area contributed by atoms with E-state index in [1.807, 2.05) is 19.9 Å². The van der Waals surface area contributed by atoms with Crippen LogP contribution >= 0.6 is 0 Å². The third-order valence-corrected chi connectivity index (χ3v) is 5.98. The molecule has 1 atom stereocenters. The van der Waals surface area contributed by atoms with Gasteiger partial charge in [0.2, 0.25) is 0 Å². The minimum atomic E-state index is -0.883. The molecule has 1 aliphatic rings. The number of carbonyl (C=O) groups is 2. The van der Waals surface area contributed by atoms with Gasteiger partial charge in [0.1, 0.15) is 5.82 Å². The number of rotatable bonds is 5. The zero-order chi connectivity index (χ0) is 22.9. The van der Waals surface area contributed by atoms with Crippen molar-refractivity contribution in [1.82, 2.24) is 19.5 Å². The maximum absolute atomic E-state index is 13.4. The van der Waals surface area contributed by atoms with Crippen molar-refractivity contribution in [3.05, 3.63) is 64.9 Å². The van der Waals surface area contributed by atoms with E-state index < -0.39 is 5.41 Å². The quantitative estimate of drug-likeness (QED) is 0.570. The first kappa shape index (κ1) is 21.9. The highest BCUT2D eigenvalue weighted by Crippen LogP contribution is 2.36. The number of fused-ring (bicyclic) bond motifs is 1. The van der Waals surface area contributed by atoms with Crippen molar-refractivity contribution in [3.8, 4) is 0 Å². The number of aryl methyl sites for hydroxylation is 2. The summed E-state index contributed by atoms with van der Waals surface area (Å²) in [5.41, 5.74) is 2.61. The number of benzene rings is 1. The van der Waals surface area contributed by atoms with Gasteiger partial charge >= 0.3 is 5.97 Å². The summed E-state index contributed by atoms with van der Waals surface area (Å²) in [6, 6.07) is 9.71. The molecule has 3 aromatic rings. The third kappa shape index (κ3) is 4.22. The summed E-state index contributed by atoms with van der Waals surface area (Å²) < 4.78 is 20.4. The number of likely N-dealkylation sites (tertiary alicyclic amines) is 1. The molecule has 1 aromatic carbocycles. The van der Waals surface area contributed by atoms with Gasteiger partial charge in [-0.05, 0) is 63.8 Å². The number of hydrogen-bond acceptors (Lipinski definition) is 5. The lowest BCUT2D eigenvalue weighted by Gasteiger charge is -2.40. The number of nitrogens with zero attached hydrogens (tertiary/aromatic N) is 4. The van der Waals surface area contributed by atoms with Crippen molar-refractivity contribution >= 4 is 17.5 Å². The Labute approximate surface area is 186 Å². The lowest BCUT2D eigenvalue weighted by atomic mass is 9.75. The fourth-order valence-electron chi connectivity index (χ4n) is 4.52. The van der Waals surface area contributed by atoms with Crippen LogP contribution in [0.3, 0.4) is 0 Å². The average Bonchev–Trinajstić information content (AvgIpc) is 3.19. The van der Waals surface area contributed by atoms with Crippen LogP contribution in [0.5, 0.6) is 0 Å². The minimum absolute atomic E-state index is 0.224. The number of esters is 1. The second kappa shape index (κ2) is 8.68. The molecular weight excluding hydrogens is 411 g/mol. The molecule has 2 aromatic heterocycles. The number of hydrogen-bond donors (Lipinski definition) is 0. The van der Waals surface area contributed by atoms with Gasteiger partial charge in [-0.2, -0.15) is 5.10 Å². The number of ether oxygens (including phenoxy) is 1. The van der Waals surface area contributed by atoms with E-state index in [0.717, 1.165) is 17.0 Å². The fraction of sp³-hybridized carbons (Fsp3) is 0.417. The van der Waals surface area contributed by atoms with Gasteiger partial charge in [0.05, 0.1) is 12.0 Å². The van der Waals surface area contributed by atoms with Crippen molar-refractivity contribution in [3.63, 3.8) is 0 Å². The second-order valence-corrected chi connectivity index (χ2v) is 8.47. The van der Waals surface area contributed by atoms with Gasteiger partial charge in [-0.1, -0.05) is 12.1 Å². The molecule has 4 rings (SSSR count). The first-order valence-electron chi connectivity index (χ1n) is 10.9. The Hall–Kier alpha value is -3.29. The van der Waals surface area contributed by atoms with Gasteiger partial charge in [-0.25, -0.2) is 13.9 Å². The zero-order valence-electron chi connectivity index (χ0n) is 18.6. The lowest BCUT2D eigenvalue weighted by Crippen LogP contribution is -2.51. The summed E-state index contributed by atoms with van der Waals surface area (Å²) in [6.07, 6.45) is 1.63. The van der Waals surface area contributed by atoms with Gasteiger partial charge in [-0.15, -0.1) is 0 Å². The predicted molar refractivity (Wildman–Crippen MR) is 117 cm³/mol. The van der Waals surface area contributed by atoms with E-state index in [9.17, 15) is 14.0 Å². The summed E-state index contributed by atoms with van der Waals surface area (Å²) in [4.78, 5) is 32.5. The summed E-state index contributed by atoms with van der Waals surface area (Å²) in [7, 11) is 0. The fourth-order valence-corrected chi connectivity index (χ4v) is 4.52. The normalized spacial score (nSPS) is 18.7. The molecule has 0 aliphatic carbocycles. The van der Waals surface area contributed by atoms with Crippen molar-refractivity contribution < 1.29 is 18.7 Å². The predicted octanol–water partition coefficient (Wildman–Crippen LogP) is 3.51. The van der Waals surface area contributed by atoms with Gasteiger partial charge in [0.15, 0.2) is 11.3 Å². The van der Waals surface area contributed by atoms with Crippen LogP contribution in [0.25, 0.3) is 5.65 Å². The van der Waals surface area contributed by atoms with Crippen molar-refractivity contribution in [2.24, 2.45) is 5.41 Å². The van der Waals surface area contributed by atoms with Gasteiger partial charge in [0, 0.05) is 30.5 Å². The van der Waals surface area contributed by atoms with Crippen molar-refractivity contribution in [2.45, 2.75) is 40.0 Å². The van der Waals surface area contributed by atoms with E-state index in [-0.39, 0.29) is 30.8 Å². The Morgan fingerprint density at radius 1 is 1.19 bits per heavy atom. The molecule has 0 spiro atoms. The molecular formula is C24H27FN4O3. The van der Waals surface area contributed by atoms with Crippen LogP contribution in [0.1, 0.15) is 47.2 Å². The van der Waals surface area contributed by atoms with Crippen LogP contribution in [-0.2, 0) is 16.0 Å². The summed E-state index contributed by atoms with van der Waals surface area (Å²) in [6.45, 7) is 6.59. The topological polar surface area (TPSA) is 76.8 Å². The van der Waals surface area contributed by atoms with Gasteiger partial charge < -0.3 is 9.64 Å². The average molecular weight is 439 g/mol. The van der Waals surface area contributed by atoms with Crippen LogP contribution in [0.15, 0.2) is 36.4 Å². The highest BCUT2D eigenvalue weighted by molar-refractivity contribution is 5.94. The summed E-state index contributed by atoms with van der Waals surface area (Å²) in [5, 5.41) is 4.46. The first-order valence-corrected chi connectivity index (χ1v) is 10.9. The van der Waals surface area contributed by atoms with Crippen LogP contribution in [-0.4, -0.2) is 51.1 Å². The molecule has 1 aliphatic heterocycles. The maximum Gasteiger partial charge on any atom is 0.314 e. The SMILES string of the molecule is CCOC(=O)[C@]1(Cc2ccc(F)cc2)CCCN(C(=O)c2cc3nc(C)cc(C)n3n2)C1. The van der Waals surface area contributed by atoms with Crippen LogP contribution in [0, 0.1) is 25.1 Å². The highest BCUT2D eigenvalue weighted by Gasteiger charge is 2.45. The Morgan fingerprint density at radius 2 is 1.94 bits per heavy atom. The van der Waals surface area contributed by atoms with Crippen LogP contribution in [0.2, 0.25) is 0 Å². The Bertz CT molecular complexity index is 1160. The van der Waals surface area contributed by atoms with Crippen molar-refractivity contribution in [1.29, 1.82) is 0 Å². The molecule has 1 saturated heterocycles. The molecule has 7 nitrogen and oxygen atoms in total. The standard InChI is InChI=1S/C24H27FN4O3/c1-4-32-23(31)24(14-18-6-8-19(25)9-7-18)10-5-11-28(15-24)22(30)20-13-21-26-16(2)12-17(3)29(21)27-20/h6-9,12-13H,4-5,10-11,14-15H2,1-3H3/t24-/m0/s1. The molecule has 0 saturated carbocycles. The Balaban J connectivity index is 1.63. The lowest BCUT2D eigenvalue weighted by molar-refractivity contribution is -0.158. The number of amides is 1. The molecule has 0 bridgehead atoms. The van der Waals surface area contributed by atoms with Crippen molar-refractivity contribution in [2.75, 3.05) is 19.7 Å². The molecule has 1 amide bonds. The molecule has 0 unspecified atom stereocenters.